The van der Waals surface area contributed by atoms with Gasteiger partial charge in [0.1, 0.15) is 35.8 Å². The maximum absolute atomic E-state index is 6.60. The van der Waals surface area contributed by atoms with Gasteiger partial charge in [0.25, 0.3) is 0 Å². The molecule has 0 amide bonds. The molecule has 6 aliphatic rings. The van der Waals surface area contributed by atoms with Crippen molar-refractivity contribution in [3.8, 4) is 11.5 Å². The Morgan fingerprint density at radius 1 is 0.547 bits per heavy atom. The van der Waals surface area contributed by atoms with E-state index < -0.39 is 0 Å². The number of hydrogen-bond donors (Lipinski definition) is 3. The second kappa shape index (κ2) is 26.1. The summed E-state index contributed by atoms with van der Waals surface area (Å²) in [6, 6.07) is 13.1. The van der Waals surface area contributed by atoms with Gasteiger partial charge in [0.2, 0.25) is 11.2 Å². The van der Waals surface area contributed by atoms with E-state index >= 15 is 0 Å². The Bertz CT molecular complexity index is 2720. The minimum Gasteiger partial charge on any atom is -0.490 e. The fourth-order valence-electron chi connectivity index (χ4n) is 10.5. The monoisotopic (exact) mass is 1040 g/mol. The predicted molar refractivity (Wildman–Crippen MR) is 295 cm³/mol. The average molecular weight is 1050 g/mol. The molecule has 2 aromatic carbocycles. The van der Waals surface area contributed by atoms with E-state index in [9.17, 15) is 0 Å². The van der Waals surface area contributed by atoms with Gasteiger partial charge >= 0.3 is 0 Å². The lowest BCUT2D eigenvalue weighted by Crippen LogP contribution is -2.45. The van der Waals surface area contributed by atoms with Crippen molar-refractivity contribution >= 4 is 62.4 Å². The van der Waals surface area contributed by atoms with E-state index in [1.54, 1.807) is 18.9 Å². The summed E-state index contributed by atoms with van der Waals surface area (Å²) >= 11 is 5.89. The number of nitrogens with one attached hydrogen (secondary N) is 3. The number of ether oxygens (including phenoxy) is 4. The maximum atomic E-state index is 6.60. The van der Waals surface area contributed by atoms with Gasteiger partial charge in [-0.2, -0.15) is 4.98 Å². The molecule has 0 spiro atoms. The molecule has 8 heterocycles. The zero-order valence-electron chi connectivity index (χ0n) is 43.5. The molecule has 12 rings (SSSR count). The Morgan fingerprint density at radius 3 is 1.51 bits per heavy atom. The second-order valence-corrected chi connectivity index (χ2v) is 20.6. The Balaban J connectivity index is 0.000000153. The molecule has 0 unspecified atom stereocenters. The molecule has 0 bridgehead atoms. The molecule has 3 N–H and O–H groups in total. The lowest BCUT2D eigenvalue weighted by atomic mass is 9.93. The minimum atomic E-state index is 0.162. The smallest absolute Gasteiger partial charge is 0.227 e. The first-order valence-electron chi connectivity index (χ1n) is 27.0. The first-order valence-corrected chi connectivity index (χ1v) is 27.4. The number of likely N-dealkylation sites (N-methyl/N-ethyl adjacent to an activating group) is 2. The largest absolute Gasteiger partial charge is 0.490 e. The number of morpholine rings is 2. The fraction of sp³-hybridized carbons (Fsp3) is 0.556. The molecule has 4 aromatic heterocycles. The molecule has 2 aliphatic carbocycles. The Labute approximate surface area is 445 Å². The normalized spacial score (nSPS) is 22.8. The maximum Gasteiger partial charge on any atom is 0.227 e. The van der Waals surface area contributed by atoms with Gasteiger partial charge in [-0.15, -0.1) is 0 Å². The highest BCUT2D eigenvalue weighted by molar-refractivity contribution is 6.28. The van der Waals surface area contributed by atoms with Crippen molar-refractivity contribution in [2.75, 3.05) is 144 Å². The summed E-state index contributed by atoms with van der Waals surface area (Å²) in [5, 5.41) is 12.6. The van der Waals surface area contributed by atoms with Crippen LogP contribution in [0.1, 0.15) is 51.4 Å². The van der Waals surface area contributed by atoms with Crippen molar-refractivity contribution < 1.29 is 18.9 Å². The van der Waals surface area contributed by atoms with Crippen LogP contribution >= 0.6 is 11.6 Å². The summed E-state index contributed by atoms with van der Waals surface area (Å²) in [4.78, 5) is 46.6. The lowest BCUT2D eigenvalue weighted by molar-refractivity contribution is 0.122. The summed E-state index contributed by atoms with van der Waals surface area (Å²) in [7, 11) is 4.31. The number of anilines is 5. The van der Waals surface area contributed by atoms with E-state index in [-0.39, 0.29) is 17.5 Å². The number of aromatic nitrogens is 8. The quantitative estimate of drug-likeness (QED) is 0.127. The Kier molecular flexibility index (Phi) is 18.3. The molecule has 2 saturated carbocycles. The van der Waals surface area contributed by atoms with Crippen LogP contribution in [0.4, 0.5) is 29.0 Å². The standard InChI is InChI=1S/C27H36N8O2.C22H25ClN6O2.C5H12N2/c1-33-8-10-35(11-9-33)27-29-7-6-26(32-27)31-20-2-4-22(5-3-20)37-25-17-21(34-12-14-36-15-13-34)16-24-23(25)18-28-19-30-24;23-22-25-6-5-21(28-22)27-15-1-3-17(4-2-15)31-20-12-16(29-7-9-30-10-8-29)11-19-18(20)13-24-14-26-19;1-7-4-2-6-3-5-7/h6-7,16-20,22H,2-5,8-15H2,1H3,(H,29,31,32);5-6,11-15,17H,1-4,7-10H2,(H,25,27,28);6H,2-5H2,1H3. The van der Waals surface area contributed by atoms with Gasteiger partial charge in [0.05, 0.1) is 60.4 Å². The van der Waals surface area contributed by atoms with E-state index in [0.29, 0.717) is 12.1 Å². The highest BCUT2D eigenvalue weighted by atomic mass is 35.5. The number of rotatable bonds is 11. The molecule has 4 saturated heterocycles. The van der Waals surface area contributed by atoms with Crippen molar-refractivity contribution in [2.45, 2.75) is 75.7 Å². The molecule has 21 heteroatoms. The third-order valence-corrected chi connectivity index (χ3v) is 15.1. The highest BCUT2D eigenvalue weighted by Crippen LogP contribution is 2.36. The van der Waals surface area contributed by atoms with Gasteiger partial charge in [-0.05, 0) is 101 Å². The molecule has 6 aromatic rings. The minimum absolute atomic E-state index is 0.162. The Morgan fingerprint density at radius 2 is 1.03 bits per heavy atom. The average Bonchev–Trinajstić information content (AvgIpc) is 3.45. The molecule has 4 aliphatic heterocycles. The van der Waals surface area contributed by atoms with Gasteiger partial charge in [-0.25, -0.2) is 34.9 Å². The number of hydrogen-bond acceptors (Lipinski definition) is 20. The molecule has 400 valence electrons. The Hall–Kier alpha value is -6.03. The van der Waals surface area contributed by atoms with Gasteiger partial charge in [-0.1, -0.05) is 0 Å². The van der Waals surface area contributed by atoms with E-state index in [4.69, 9.17) is 35.5 Å². The van der Waals surface area contributed by atoms with Crippen LogP contribution in [0.15, 0.2) is 73.8 Å². The summed E-state index contributed by atoms with van der Waals surface area (Å²) in [5.74, 6) is 4.24. The second-order valence-electron chi connectivity index (χ2n) is 20.3. The SMILES string of the molecule is CN1CCN(c2nccc(NC3CCC(Oc4cc(N5CCOCC5)cc5ncncc45)CC3)n2)CC1.CN1CCNCC1.Clc1nccc(NC2CCC(Oc3cc(N4CCOCC4)cc4ncncc34)CC2)n1. The van der Waals surface area contributed by atoms with Gasteiger partial charge in [0.15, 0.2) is 0 Å². The number of benzene rings is 2. The zero-order valence-corrected chi connectivity index (χ0v) is 44.3. The fourth-order valence-corrected chi connectivity index (χ4v) is 10.6. The number of piperazine rings is 2. The van der Waals surface area contributed by atoms with Crippen LogP contribution in [0.2, 0.25) is 5.28 Å². The van der Waals surface area contributed by atoms with Crippen molar-refractivity contribution in [1.82, 2.24) is 55.0 Å². The van der Waals surface area contributed by atoms with Crippen molar-refractivity contribution in [2.24, 2.45) is 0 Å². The molecular formula is C54H73ClN16O4. The van der Waals surface area contributed by atoms with E-state index in [1.165, 1.54) is 13.1 Å². The van der Waals surface area contributed by atoms with Crippen LogP contribution in [0, 0.1) is 0 Å². The summed E-state index contributed by atoms with van der Waals surface area (Å²) in [6.07, 6.45) is 18.8. The zero-order chi connectivity index (χ0) is 51.2. The summed E-state index contributed by atoms with van der Waals surface area (Å²) in [5.41, 5.74) is 4.09. The van der Waals surface area contributed by atoms with Crippen LogP contribution < -0.4 is 40.1 Å². The number of halogens is 1. The first kappa shape index (κ1) is 52.4. The van der Waals surface area contributed by atoms with E-state index in [2.05, 4.69) is 114 Å². The third-order valence-electron chi connectivity index (χ3n) is 14.9. The van der Waals surface area contributed by atoms with Crippen LogP contribution in [0.5, 0.6) is 11.5 Å². The van der Waals surface area contributed by atoms with E-state index in [1.807, 2.05) is 30.7 Å². The summed E-state index contributed by atoms with van der Waals surface area (Å²) in [6.45, 7) is 15.3. The number of nitrogens with zero attached hydrogens (tertiary/aromatic N) is 13. The van der Waals surface area contributed by atoms with Crippen LogP contribution in [-0.2, 0) is 9.47 Å². The highest BCUT2D eigenvalue weighted by Gasteiger charge is 2.27. The first-order chi connectivity index (χ1) is 36.8. The molecular weight excluding hydrogens is 972 g/mol. The predicted octanol–water partition coefficient (Wildman–Crippen LogP) is 6.04. The topological polar surface area (TPSA) is 192 Å². The van der Waals surface area contributed by atoms with Crippen LogP contribution in [-0.4, -0.2) is 193 Å². The molecule has 75 heavy (non-hydrogen) atoms. The number of fused-ring (bicyclic) bond motifs is 2. The molecule has 0 radical (unpaired) electrons. The third kappa shape index (κ3) is 14.7. The summed E-state index contributed by atoms with van der Waals surface area (Å²) < 4.78 is 24.1. The van der Waals surface area contributed by atoms with Crippen molar-refractivity contribution in [1.29, 1.82) is 0 Å². The van der Waals surface area contributed by atoms with E-state index in [0.717, 1.165) is 206 Å². The van der Waals surface area contributed by atoms with Gasteiger partial charge in [0, 0.05) is 139 Å². The van der Waals surface area contributed by atoms with Gasteiger partial charge < -0.3 is 59.4 Å². The van der Waals surface area contributed by atoms with Gasteiger partial charge in [-0.3, -0.25) is 0 Å². The van der Waals surface area contributed by atoms with Crippen LogP contribution in [0.3, 0.4) is 0 Å². The van der Waals surface area contributed by atoms with Crippen molar-refractivity contribution in [3.63, 3.8) is 0 Å². The lowest BCUT2D eigenvalue weighted by Gasteiger charge is -2.33. The van der Waals surface area contributed by atoms with Crippen molar-refractivity contribution in [3.05, 3.63) is 79.1 Å². The van der Waals surface area contributed by atoms with Crippen LogP contribution in [0.25, 0.3) is 21.8 Å². The molecule has 6 fully saturated rings. The molecule has 20 nitrogen and oxygen atoms in total. The molecule has 0 atom stereocenters.